The molecule has 2 aliphatic heterocycles. The molecule has 0 radical (unpaired) electrons. The Hall–Kier alpha value is -3.97. The molecule has 6 rings (SSSR count). The molecular formula is C35H42F2N6O2. The molecule has 10 heteroatoms. The van der Waals surface area contributed by atoms with Crippen LogP contribution in [0.2, 0.25) is 0 Å². The number of benzene rings is 2. The molecular weight excluding hydrogens is 574 g/mol. The van der Waals surface area contributed by atoms with Gasteiger partial charge in [0.25, 0.3) is 0 Å². The lowest BCUT2D eigenvalue weighted by atomic mass is 9.58. The molecule has 1 unspecified atom stereocenters. The summed E-state index contributed by atoms with van der Waals surface area (Å²) in [5, 5.41) is 11.7. The Morgan fingerprint density at radius 1 is 1.13 bits per heavy atom. The minimum absolute atomic E-state index is 0.0254. The number of aromatic nitrogens is 2. The maximum absolute atomic E-state index is 15.0. The Balaban J connectivity index is 1.22. The summed E-state index contributed by atoms with van der Waals surface area (Å²) in [5.74, 6) is 1.01. The van der Waals surface area contributed by atoms with E-state index >= 15 is 0 Å². The smallest absolute Gasteiger partial charge is 0.407 e. The van der Waals surface area contributed by atoms with E-state index in [1.165, 1.54) is 12.1 Å². The third-order valence-electron chi connectivity index (χ3n) is 10.5. The van der Waals surface area contributed by atoms with Crippen LogP contribution in [0.1, 0.15) is 49.1 Å². The zero-order valence-electron chi connectivity index (χ0n) is 26.1. The van der Waals surface area contributed by atoms with Gasteiger partial charge in [-0.15, -0.1) is 0 Å². The van der Waals surface area contributed by atoms with E-state index in [-0.39, 0.29) is 29.6 Å². The summed E-state index contributed by atoms with van der Waals surface area (Å²) in [6, 6.07) is 13.7. The average Bonchev–Trinajstić information content (AvgIpc) is 3.66. The number of rotatable bonds is 9. The molecule has 1 saturated carbocycles. The third kappa shape index (κ3) is 6.28. The summed E-state index contributed by atoms with van der Waals surface area (Å²) in [7, 11) is 1.58. The van der Waals surface area contributed by atoms with E-state index in [9.17, 15) is 13.6 Å². The largest absolute Gasteiger partial charge is 0.446 e. The molecule has 1 aromatic heterocycles. The first kappa shape index (κ1) is 31.0. The number of ether oxygens (including phenoxy) is 1. The molecule has 238 valence electrons. The van der Waals surface area contributed by atoms with Gasteiger partial charge in [0.2, 0.25) is 0 Å². The minimum atomic E-state index is -0.463. The zero-order chi connectivity index (χ0) is 31.6. The van der Waals surface area contributed by atoms with Crippen LogP contribution in [0, 0.1) is 47.6 Å². The number of carbonyl (C=O) groups is 1. The molecule has 2 aromatic carbocycles. The van der Waals surface area contributed by atoms with Crippen molar-refractivity contribution in [2.75, 3.05) is 44.7 Å². The van der Waals surface area contributed by atoms with Crippen molar-refractivity contribution in [3.8, 4) is 6.07 Å². The van der Waals surface area contributed by atoms with Crippen LogP contribution in [0.3, 0.4) is 0 Å². The van der Waals surface area contributed by atoms with Gasteiger partial charge in [-0.25, -0.2) is 18.6 Å². The first-order valence-corrected chi connectivity index (χ1v) is 16.1. The second-order valence-corrected chi connectivity index (χ2v) is 13.0. The van der Waals surface area contributed by atoms with Gasteiger partial charge in [-0.2, -0.15) is 5.26 Å². The van der Waals surface area contributed by atoms with E-state index < -0.39 is 11.5 Å². The van der Waals surface area contributed by atoms with Crippen molar-refractivity contribution in [3.05, 3.63) is 83.4 Å². The van der Waals surface area contributed by atoms with Gasteiger partial charge < -0.3 is 24.4 Å². The molecule has 1 amide bonds. The minimum Gasteiger partial charge on any atom is -0.446 e. The van der Waals surface area contributed by atoms with E-state index in [4.69, 9.17) is 10.00 Å². The Morgan fingerprint density at radius 3 is 2.60 bits per heavy atom. The summed E-state index contributed by atoms with van der Waals surface area (Å²) in [5.41, 5.74) is 1.39. The number of alkyl carbamates (subject to hydrolysis) is 1. The highest BCUT2D eigenvalue weighted by Gasteiger charge is 2.53. The Labute approximate surface area is 264 Å². The second-order valence-electron chi connectivity index (χ2n) is 13.0. The van der Waals surface area contributed by atoms with Crippen LogP contribution >= 0.6 is 0 Å². The van der Waals surface area contributed by atoms with Gasteiger partial charge >= 0.3 is 6.09 Å². The summed E-state index contributed by atoms with van der Waals surface area (Å²) in [6.45, 7) is 6.99. The molecule has 1 N–H and O–H groups in total. The van der Waals surface area contributed by atoms with Gasteiger partial charge in [-0.3, -0.25) is 0 Å². The number of nitrogens with one attached hydrogen (secondary N) is 1. The lowest BCUT2D eigenvalue weighted by molar-refractivity contribution is 0.00167. The molecule has 0 bridgehead atoms. The molecule has 3 heterocycles. The SMILES string of the molecule is CNC(=O)O[C@H]1CCC[C@@H]1C(Cn1ccnc1C)(c1cccc(F)c1)C1CCN(CC2CN(c3ccc(C#N)cc3F)C2)CC1. The highest BCUT2D eigenvalue weighted by Crippen LogP contribution is 2.52. The van der Waals surface area contributed by atoms with Crippen LogP contribution in [0.5, 0.6) is 0 Å². The lowest BCUT2D eigenvalue weighted by Gasteiger charge is -2.51. The standard InChI is InChI=1S/C35H42F2N6O2/c1-24-40-13-16-42(24)23-35(28-5-3-6-29(36)18-28,30-7-4-8-33(30)45-34(44)39-2)27-11-14-41(15-12-27)20-26-21-43(22-26)32-10-9-25(19-38)17-31(32)37/h3,5-6,9-10,13,16-18,26-27,30,33H,4,7-8,11-12,14-15,20-23H2,1-2H3,(H,39,44)/t30-,33-,35?/m0/s1. The van der Waals surface area contributed by atoms with Crippen molar-refractivity contribution < 1.29 is 18.3 Å². The van der Waals surface area contributed by atoms with Crippen molar-refractivity contribution >= 4 is 11.8 Å². The number of nitrogens with zero attached hydrogens (tertiary/aromatic N) is 5. The normalized spacial score (nSPS) is 22.4. The van der Waals surface area contributed by atoms with Gasteiger partial charge in [0, 0.05) is 62.9 Å². The lowest BCUT2D eigenvalue weighted by Crippen LogP contribution is -2.55. The number of hydrogen-bond donors (Lipinski definition) is 1. The number of imidazole rings is 1. The highest BCUT2D eigenvalue weighted by molar-refractivity contribution is 5.67. The summed E-state index contributed by atoms with van der Waals surface area (Å²) in [4.78, 5) is 21.5. The van der Waals surface area contributed by atoms with Crippen molar-refractivity contribution in [3.63, 3.8) is 0 Å². The van der Waals surface area contributed by atoms with Crippen LogP contribution in [-0.4, -0.2) is 66.4 Å². The first-order valence-electron chi connectivity index (χ1n) is 16.1. The molecule has 0 spiro atoms. The van der Waals surface area contributed by atoms with E-state index in [0.717, 1.165) is 76.2 Å². The number of anilines is 1. The van der Waals surface area contributed by atoms with Crippen LogP contribution in [0.15, 0.2) is 54.9 Å². The molecule has 3 atom stereocenters. The maximum Gasteiger partial charge on any atom is 0.407 e. The highest BCUT2D eigenvalue weighted by atomic mass is 19.1. The number of carbonyl (C=O) groups excluding carboxylic acids is 1. The monoisotopic (exact) mass is 616 g/mol. The number of likely N-dealkylation sites (tertiary alicyclic amines) is 1. The van der Waals surface area contributed by atoms with Crippen LogP contribution in [0.4, 0.5) is 19.3 Å². The molecule has 3 aliphatic rings. The Bertz CT molecular complexity index is 1540. The molecule has 3 fully saturated rings. The maximum atomic E-state index is 15.0. The van der Waals surface area contributed by atoms with Crippen LogP contribution < -0.4 is 10.2 Å². The fourth-order valence-corrected chi connectivity index (χ4v) is 8.28. The molecule has 2 saturated heterocycles. The summed E-state index contributed by atoms with van der Waals surface area (Å²) < 4.78 is 37.7. The molecule has 45 heavy (non-hydrogen) atoms. The molecule has 1 aliphatic carbocycles. The van der Waals surface area contributed by atoms with E-state index in [2.05, 4.69) is 25.8 Å². The van der Waals surface area contributed by atoms with Gasteiger partial charge in [0.05, 0.1) is 17.3 Å². The average molecular weight is 617 g/mol. The first-order chi connectivity index (χ1) is 21.8. The van der Waals surface area contributed by atoms with Gasteiger partial charge in [-0.05, 0) is 93.9 Å². The number of hydrogen-bond acceptors (Lipinski definition) is 6. The van der Waals surface area contributed by atoms with E-state index in [1.807, 2.05) is 30.3 Å². The zero-order valence-corrected chi connectivity index (χ0v) is 26.1. The second kappa shape index (κ2) is 13.2. The van der Waals surface area contributed by atoms with Crippen molar-refractivity contribution in [1.82, 2.24) is 19.8 Å². The number of halogens is 2. The topological polar surface area (TPSA) is 86.4 Å². The predicted octanol–water partition coefficient (Wildman–Crippen LogP) is 5.65. The molecule has 8 nitrogen and oxygen atoms in total. The number of nitriles is 1. The van der Waals surface area contributed by atoms with Crippen molar-refractivity contribution in [2.45, 2.75) is 57.1 Å². The Kier molecular flexibility index (Phi) is 9.09. The quantitative estimate of drug-likeness (QED) is 0.334. The fraction of sp³-hybridized carbons (Fsp3) is 0.514. The van der Waals surface area contributed by atoms with Gasteiger partial charge in [-0.1, -0.05) is 12.1 Å². The van der Waals surface area contributed by atoms with E-state index in [1.54, 1.807) is 31.3 Å². The molecule has 3 aromatic rings. The van der Waals surface area contributed by atoms with Crippen LogP contribution in [0.25, 0.3) is 0 Å². The van der Waals surface area contributed by atoms with Crippen molar-refractivity contribution in [1.29, 1.82) is 5.26 Å². The van der Waals surface area contributed by atoms with Crippen molar-refractivity contribution in [2.24, 2.45) is 17.8 Å². The number of aryl methyl sites for hydroxylation is 1. The summed E-state index contributed by atoms with van der Waals surface area (Å²) >= 11 is 0. The number of piperidine rings is 1. The Morgan fingerprint density at radius 2 is 1.93 bits per heavy atom. The van der Waals surface area contributed by atoms with Crippen LogP contribution in [-0.2, 0) is 16.7 Å². The van der Waals surface area contributed by atoms with E-state index in [0.29, 0.717) is 23.7 Å². The predicted molar refractivity (Wildman–Crippen MR) is 168 cm³/mol. The fourth-order valence-electron chi connectivity index (χ4n) is 8.28. The van der Waals surface area contributed by atoms with Gasteiger partial charge in [0.15, 0.2) is 0 Å². The summed E-state index contributed by atoms with van der Waals surface area (Å²) in [6.07, 6.45) is 7.63. The third-order valence-corrected chi connectivity index (χ3v) is 10.5. The number of amides is 1. The van der Waals surface area contributed by atoms with Gasteiger partial charge in [0.1, 0.15) is 23.6 Å².